The van der Waals surface area contributed by atoms with Crippen molar-refractivity contribution in [3.05, 3.63) is 35.5 Å². The van der Waals surface area contributed by atoms with Gasteiger partial charge in [-0.2, -0.15) is 0 Å². The van der Waals surface area contributed by atoms with Gasteiger partial charge in [-0.05, 0) is 50.1 Å². The van der Waals surface area contributed by atoms with E-state index in [4.69, 9.17) is 11.6 Å². The number of rotatable bonds is 3. The lowest BCUT2D eigenvalue weighted by Gasteiger charge is -2.26. The summed E-state index contributed by atoms with van der Waals surface area (Å²) in [6, 6.07) is 7.35. The van der Waals surface area contributed by atoms with Crippen LogP contribution in [0.5, 0.6) is 0 Å². The SMILES string of the molecule is CCC1(C(=O)Nc2ccc(Cl)c3cccnc23)CCCN1. The summed E-state index contributed by atoms with van der Waals surface area (Å²) in [7, 11) is 0. The lowest BCUT2D eigenvalue weighted by molar-refractivity contribution is -0.122. The first-order valence-corrected chi connectivity index (χ1v) is 7.64. The minimum atomic E-state index is -0.458. The van der Waals surface area contributed by atoms with Gasteiger partial charge >= 0.3 is 0 Å². The molecule has 1 aliphatic heterocycles. The molecule has 0 spiro atoms. The molecular formula is C16H18ClN3O. The van der Waals surface area contributed by atoms with Gasteiger partial charge in [-0.15, -0.1) is 0 Å². The second-order valence-corrected chi connectivity index (χ2v) is 5.82. The zero-order chi connectivity index (χ0) is 14.9. The number of hydrogen-bond acceptors (Lipinski definition) is 3. The highest BCUT2D eigenvalue weighted by Gasteiger charge is 2.39. The van der Waals surface area contributed by atoms with Gasteiger partial charge in [-0.1, -0.05) is 18.5 Å². The first-order valence-electron chi connectivity index (χ1n) is 7.26. The standard InChI is InChI=1S/C16H18ClN3O/c1-2-16(8-4-10-19-16)15(21)20-13-7-6-12(17)11-5-3-9-18-14(11)13/h3,5-7,9,19H,2,4,8,10H2,1H3,(H,20,21). The lowest BCUT2D eigenvalue weighted by Crippen LogP contribution is -2.50. The molecule has 0 aliphatic carbocycles. The van der Waals surface area contributed by atoms with Crippen LogP contribution < -0.4 is 10.6 Å². The molecule has 1 unspecified atom stereocenters. The number of carbonyl (C=O) groups excluding carboxylic acids is 1. The highest BCUT2D eigenvalue weighted by molar-refractivity contribution is 6.36. The van der Waals surface area contributed by atoms with Gasteiger partial charge in [0.1, 0.15) is 0 Å². The fraction of sp³-hybridized carbons (Fsp3) is 0.375. The van der Waals surface area contributed by atoms with Gasteiger partial charge in [-0.3, -0.25) is 9.78 Å². The summed E-state index contributed by atoms with van der Waals surface area (Å²) in [6.45, 7) is 2.93. The predicted octanol–water partition coefficient (Wildman–Crippen LogP) is 3.36. The molecule has 2 N–H and O–H groups in total. The molecule has 1 aliphatic rings. The zero-order valence-corrected chi connectivity index (χ0v) is 12.7. The maximum Gasteiger partial charge on any atom is 0.244 e. The fourth-order valence-corrected chi connectivity index (χ4v) is 3.16. The number of aromatic nitrogens is 1. The monoisotopic (exact) mass is 303 g/mol. The number of benzene rings is 1. The Morgan fingerprint density at radius 2 is 2.33 bits per heavy atom. The summed E-state index contributed by atoms with van der Waals surface area (Å²) >= 11 is 6.18. The van der Waals surface area contributed by atoms with Crippen LogP contribution in [0.4, 0.5) is 5.69 Å². The number of halogens is 1. The molecule has 5 heteroatoms. The third-order valence-corrected chi connectivity index (χ3v) is 4.58. The molecular weight excluding hydrogens is 286 g/mol. The van der Waals surface area contributed by atoms with Crippen LogP contribution in [0.3, 0.4) is 0 Å². The zero-order valence-electron chi connectivity index (χ0n) is 11.9. The number of fused-ring (bicyclic) bond motifs is 1. The Labute approximate surface area is 128 Å². The highest BCUT2D eigenvalue weighted by Crippen LogP contribution is 2.30. The number of pyridine rings is 1. The Bertz CT molecular complexity index is 680. The van der Waals surface area contributed by atoms with Crippen molar-refractivity contribution in [3.63, 3.8) is 0 Å². The van der Waals surface area contributed by atoms with Crippen LogP contribution in [0.25, 0.3) is 10.9 Å². The van der Waals surface area contributed by atoms with Gasteiger partial charge < -0.3 is 10.6 Å². The summed E-state index contributed by atoms with van der Waals surface area (Å²) in [4.78, 5) is 17.0. The minimum absolute atomic E-state index is 0.0109. The van der Waals surface area contributed by atoms with E-state index < -0.39 is 5.54 Å². The smallest absolute Gasteiger partial charge is 0.244 e. The molecule has 21 heavy (non-hydrogen) atoms. The van der Waals surface area contributed by atoms with Crippen LogP contribution in [0, 0.1) is 0 Å². The first-order chi connectivity index (χ1) is 10.2. The number of hydrogen-bond donors (Lipinski definition) is 2. The Kier molecular flexibility index (Phi) is 3.83. The molecule has 1 aromatic heterocycles. The number of carbonyl (C=O) groups is 1. The van der Waals surface area contributed by atoms with Gasteiger partial charge in [-0.25, -0.2) is 0 Å². The van der Waals surface area contributed by atoms with Crippen molar-refractivity contribution < 1.29 is 4.79 Å². The van der Waals surface area contributed by atoms with E-state index in [1.54, 1.807) is 12.3 Å². The maximum atomic E-state index is 12.7. The predicted molar refractivity (Wildman–Crippen MR) is 85.6 cm³/mol. The van der Waals surface area contributed by atoms with Gasteiger partial charge in [0.25, 0.3) is 0 Å². The normalized spacial score (nSPS) is 21.6. The van der Waals surface area contributed by atoms with Crippen molar-refractivity contribution in [2.24, 2.45) is 0 Å². The molecule has 2 aromatic rings. The minimum Gasteiger partial charge on any atom is -0.323 e. The number of anilines is 1. The number of amides is 1. The van der Waals surface area contributed by atoms with E-state index in [9.17, 15) is 4.79 Å². The van der Waals surface area contributed by atoms with E-state index >= 15 is 0 Å². The molecule has 0 radical (unpaired) electrons. The molecule has 1 saturated heterocycles. The fourth-order valence-electron chi connectivity index (χ4n) is 2.94. The summed E-state index contributed by atoms with van der Waals surface area (Å²) in [5, 5.41) is 7.85. The topological polar surface area (TPSA) is 54.0 Å². The largest absolute Gasteiger partial charge is 0.323 e. The van der Waals surface area contributed by atoms with Crippen LogP contribution in [0.15, 0.2) is 30.5 Å². The Morgan fingerprint density at radius 3 is 3.05 bits per heavy atom. The second-order valence-electron chi connectivity index (χ2n) is 5.41. The van der Waals surface area contributed by atoms with Crippen LogP contribution >= 0.6 is 11.6 Å². The van der Waals surface area contributed by atoms with Crippen molar-refractivity contribution in [1.29, 1.82) is 0 Å². The molecule has 1 aromatic carbocycles. The third kappa shape index (κ3) is 2.49. The van der Waals surface area contributed by atoms with E-state index in [0.29, 0.717) is 10.7 Å². The number of nitrogens with zero attached hydrogens (tertiary/aromatic N) is 1. The summed E-state index contributed by atoms with van der Waals surface area (Å²) < 4.78 is 0. The molecule has 0 bridgehead atoms. The van der Waals surface area contributed by atoms with E-state index in [1.165, 1.54) is 0 Å². The molecule has 110 valence electrons. The number of nitrogens with one attached hydrogen (secondary N) is 2. The molecule has 1 fully saturated rings. The quantitative estimate of drug-likeness (QED) is 0.914. The summed E-state index contributed by atoms with van der Waals surface area (Å²) in [6.07, 6.45) is 4.38. The van der Waals surface area contributed by atoms with Crippen molar-refractivity contribution in [3.8, 4) is 0 Å². The Balaban J connectivity index is 1.95. The maximum absolute atomic E-state index is 12.7. The van der Waals surface area contributed by atoms with E-state index in [1.807, 2.05) is 25.1 Å². The molecule has 2 heterocycles. The molecule has 1 amide bonds. The van der Waals surface area contributed by atoms with Gasteiger partial charge in [0.2, 0.25) is 5.91 Å². The van der Waals surface area contributed by atoms with Crippen LogP contribution in [-0.2, 0) is 4.79 Å². The first kappa shape index (κ1) is 14.3. The van der Waals surface area contributed by atoms with Crippen LogP contribution in [0.2, 0.25) is 5.02 Å². The van der Waals surface area contributed by atoms with E-state index in [2.05, 4.69) is 15.6 Å². The lowest BCUT2D eigenvalue weighted by atomic mass is 9.93. The van der Waals surface area contributed by atoms with Crippen LogP contribution in [-0.4, -0.2) is 23.0 Å². The second kappa shape index (κ2) is 5.62. The van der Waals surface area contributed by atoms with Gasteiger partial charge in [0.15, 0.2) is 0 Å². The van der Waals surface area contributed by atoms with Crippen molar-refractivity contribution in [1.82, 2.24) is 10.3 Å². The van der Waals surface area contributed by atoms with E-state index in [0.717, 1.165) is 36.7 Å². The average molecular weight is 304 g/mol. The average Bonchev–Trinajstić information content (AvgIpc) is 3.00. The molecule has 0 saturated carbocycles. The van der Waals surface area contributed by atoms with Crippen molar-refractivity contribution >= 4 is 34.1 Å². The van der Waals surface area contributed by atoms with Gasteiger partial charge in [0, 0.05) is 11.6 Å². The highest BCUT2D eigenvalue weighted by atomic mass is 35.5. The Hall–Kier alpha value is -1.65. The Morgan fingerprint density at radius 1 is 1.48 bits per heavy atom. The molecule has 4 nitrogen and oxygen atoms in total. The van der Waals surface area contributed by atoms with Crippen LogP contribution in [0.1, 0.15) is 26.2 Å². The van der Waals surface area contributed by atoms with Crippen molar-refractivity contribution in [2.45, 2.75) is 31.7 Å². The summed E-state index contributed by atoms with van der Waals surface area (Å²) in [5.74, 6) is 0.0109. The summed E-state index contributed by atoms with van der Waals surface area (Å²) in [5.41, 5.74) is 0.977. The molecule has 1 atom stereocenters. The van der Waals surface area contributed by atoms with Gasteiger partial charge in [0.05, 0.1) is 21.8 Å². The molecule has 3 rings (SSSR count). The van der Waals surface area contributed by atoms with E-state index in [-0.39, 0.29) is 5.91 Å². The third-order valence-electron chi connectivity index (χ3n) is 4.25. The van der Waals surface area contributed by atoms with Crippen molar-refractivity contribution in [2.75, 3.05) is 11.9 Å².